The fourth-order valence-corrected chi connectivity index (χ4v) is 3.29. The largest absolute Gasteiger partial charge is 0.444 e. The highest BCUT2D eigenvalue weighted by Gasteiger charge is 2.19. The van der Waals surface area contributed by atoms with Crippen molar-refractivity contribution in [1.29, 1.82) is 0 Å². The summed E-state index contributed by atoms with van der Waals surface area (Å²) < 4.78 is 5.12. The number of ether oxygens (including phenoxy) is 1. The van der Waals surface area contributed by atoms with Crippen LogP contribution in [0.5, 0.6) is 0 Å². The lowest BCUT2D eigenvalue weighted by molar-refractivity contribution is 0.0526. The van der Waals surface area contributed by atoms with Crippen LogP contribution in [0.3, 0.4) is 0 Å². The zero-order valence-corrected chi connectivity index (χ0v) is 16.9. The summed E-state index contributed by atoms with van der Waals surface area (Å²) >= 11 is 13.6. The molecule has 2 aromatic rings. The number of benzene rings is 1. The highest BCUT2D eigenvalue weighted by Crippen LogP contribution is 2.37. The lowest BCUT2D eigenvalue weighted by Crippen LogP contribution is -2.38. The summed E-state index contributed by atoms with van der Waals surface area (Å²) in [5, 5.41) is 6.06. The molecule has 0 saturated carbocycles. The van der Waals surface area contributed by atoms with Gasteiger partial charge in [-0.05, 0) is 26.8 Å². The molecule has 0 bridgehead atoms. The Hall–Kier alpha value is -1.83. The minimum Gasteiger partial charge on any atom is -0.444 e. The molecule has 1 aromatic heterocycles. The molecule has 0 aliphatic rings. The minimum atomic E-state index is -0.570. The number of nitrogens with zero attached hydrogens (tertiary/aromatic N) is 1. The van der Waals surface area contributed by atoms with E-state index in [-0.39, 0.29) is 24.7 Å². The zero-order valence-electron chi connectivity index (χ0n) is 14.6. The van der Waals surface area contributed by atoms with Crippen molar-refractivity contribution >= 4 is 46.5 Å². The average molecular weight is 416 g/mol. The minimum absolute atomic E-state index is 0.234. The molecule has 26 heavy (non-hydrogen) atoms. The van der Waals surface area contributed by atoms with Crippen molar-refractivity contribution in [3.63, 3.8) is 0 Å². The smallest absolute Gasteiger partial charge is 0.407 e. The number of hydrogen-bond donors (Lipinski definition) is 2. The van der Waals surface area contributed by atoms with E-state index in [1.54, 1.807) is 44.5 Å². The maximum atomic E-state index is 12.4. The molecule has 2 amide bonds. The first-order chi connectivity index (χ1) is 12.2. The Morgan fingerprint density at radius 1 is 1.19 bits per heavy atom. The molecule has 9 heteroatoms. The zero-order chi connectivity index (χ0) is 19.3. The van der Waals surface area contributed by atoms with Crippen LogP contribution in [0.1, 0.15) is 31.3 Å². The van der Waals surface area contributed by atoms with Gasteiger partial charge in [-0.25, -0.2) is 9.78 Å². The molecule has 1 aromatic carbocycles. The Kier molecular flexibility index (Phi) is 6.86. The monoisotopic (exact) mass is 415 g/mol. The fourth-order valence-electron chi connectivity index (χ4n) is 2.02. The summed E-state index contributed by atoms with van der Waals surface area (Å²) in [7, 11) is 0. The number of nitrogens with one attached hydrogen (secondary N) is 2. The molecule has 6 nitrogen and oxygen atoms in total. The number of halogens is 2. The van der Waals surface area contributed by atoms with Gasteiger partial charge in [-0.1, -0.05) is 35.3 Å². The molecule has 0 spiro atoms. The van der Waals surface area contributed by atoms with E-state index in [9.17, 15) is 9.59 Å². The molecule has 0 unspecified atom stereocenters. The number of rotatable bonds is 5. The van der Waals surface area contributed by atoms with Crippen LogP contribution < -0.4 is 10.6 Å². The van der Waals surface area contributed by atoms with Crippen LogP contribution in [-0.4, -0.2) is 35.7 Å². The number of amides is 2. The molecule has 0 aliphatic carbocycles. The maximum absolute atomic E-state index is 12.4. The molecule has 2 N–H and O–H groups in total. The summed E-state index contributed by atoms with van der Waals surface area (Å²) in [6.45, 7) is 5.80. The van der Waals surface area contributed by atoms with Crippen LogP contribution in [0.25, 0.3) is 10.4 Å². The van der Waals surface area contributed by atoms with Crippen LogP contribution in [0.15, 0.2) is 23.7 Å². The average Bonchev–Trinajstić information content (AvgIpc) is 3.01. The van der Waals surface area contributed by atoms with Crippen LogP contribution in [0.4, 0.5) is 4.79 Å². The van der Waals surface area contributed by atoms with Crippen molar-refractivity contribution in [3.8, 4) is 10.4 Å². The van der Waals surface area contributed by atoms with E-state index in [1.165, 1.54) is 11.3 Å². The van der Waals surface area contributed by atoms with E-state index < -0.39 is 11.7 Å². The number of carbonyl (C=O) groups excluding carboxylic acids is 2. The highest BCUT2D eigenvalue weighted by molar-refractivity contribution is 7.13. The Bertz CT molecular complexity index is 803. The summed E-state index contributed by atoms with van der Waals surface area (Å²) in [5.41, 5.74) is 1.91. The van der Waals surface area contributed by atoms with Gasteiger partial charge in [0.05, 0.1) is 20.4 Å². The predicted molar refractivity (Wildman–Crippen MR) is 104 cm³/mol. The van der Waals surface area contributed by atoms with E-state index in [0.29, 0.717) is 20.5 Å². The standard InChI is InChI=1S/C17H19Cl2N3O3S/c1-17(2,3)25-16(24)21-8-7-20-15(23)13-14(26-9-22-13)10-5-4-6-11(18)12(10)19/h4-6,9H,7-8H2,1-3H3,(H,20,23)(H,21,24). The van der Waals surface area contributed by atoms with E-state index in [0.717, 1.165) is 0 Å². The number of aromatic nitrogens is 1. The second-order valence-corrected chi connectivity index (χ2v) is 7.96. The third kappa shape index (κ3) is 5.59. The molecule has 0 atom stereocenters. The first-order valence-electron chi connectivity index (χ1n) is 7.82. The Morgan fingerprint density at radius 3 is 2.58 bits per heavy atom. The molecule has 0 saturated heterocycles. The second kappa shape index (κ2) is 8.70. The Balaban J connectivity index is 1.95. The first-order valence-corrected chi connectivity index (χ1v) is 9.45. The van der Waals surface area contributed by atoms with Gasteiger partial charge >= 0.3 is 6.09 Å². The van der Waals surface area contributed by atoms with Crippen molar-refractivity contribution in [2.24, 2.45) is 0 Å². The number of carbonyl (C=O) groups is 2. The normalized spacial score (nSPS) is 11.1. The Morgan fingerprint density at radius 2 is 1.88 bits per heavy atom. The summed E-state index contributed by atoms with van der Waals surface area (Å²) in [4.78, 5) is 28.7. The van der Waals surface area contributed by atoms with Crippen molar-refractivity contribution in [2.45, 2.75) is 26.4 Å². The molecule has 1 heterocycles. The van der Waals surface area contributed by atoms with Gasteiger partial charge in [-0.2, -0.15) is 0 Å². The molecular formula is C17H19Cl2N3O3S. The summed E-state index contributed by atoms with van der Waals surface area (Å²) in [6, 6.07) is 5.22. The Labute approximate surface area is 165 Å². The molecule has 2 rings (SSSR count). The van der Waals surface area contributed by atoms with Gasteiger partial charge in [0.15, 0.2) is 0 Å². The maximum Gasteiger partial charge on any atom is 0.407 e. The number of hydrogen-bond acceptors (Lipinski definition) is 5. The summed E-state index contributed by atoms with van der Waals surface area (Å²) in [5.74, 6) is -0.358. The molecule has 0 fully saturated rings. The predicted octanol–water partition coefficient (Wildman–Crippen LogP) is 4.37. The van der Waals surface area contributed by atoms with Gasteiger partial charge in [0.1, 0.15) is 11.3 Å². The lowest BCUT2D eigenvalue weighted by atomic mass is 10.1. The van der Waals surface area contributed by atoms with Crippen LogP contribution in [0.2, 0.25) is 10.0 Å². The molecule has 140 valence electrons. The van der Waals surface area contributed by atoms with E-state index >= 15 is 0 Å². The molecule has 0 aliphatic heterocycles. The summed E-state index contributed by atoms with van der Waals surface area (Å²) in [6.07, 6.45) is -0.535. The van der Waals surface area contributed by atoms with Gasteiger partial charge in [0.2, 0.25) is 0 Å². The van der Waals surface area contributed by atoms with Crippen LogP contribution in [0, 0.1) is 0 Å². The van der Waals surface area contributed by atoms with E-state index in [4.69, 9.17) is 27.9 Å². The third-order valence-corrected chi connectivity index (χ3v) is 4.74. The lowest BCUT2D eigenvalue weighted by Gasteiger charge is -2.19. The molecular weight excluding hydrogens is 397 g/mol. The third-order valence-electron chi connectivity index (χ3n) is 3.06. The van der Waals surface area contributed by atoms with Gasteiger partial charge in [0.25, 0.3) is 5.91 Å². The van der Waals surface area contributed by atoms with E-state index in [2.05, 4.69) is 15.6 Å². The van der Waals surface area contributed by atoms with Crippen LogP contribution in [-0.2, 0) is 4.74 Å². The van der Waals surface area contributed by atoms with Crippen molar-refractivity contribution in [1.82, 2.24) is 15.6 Å². The van der Waals surface area contributed by atoms with Gasteiger partial charge in [-0.3, -0.25) is 4.79 Å². The van der Waals surface area contributed by atoms with Gasteiger partial charge in [-0.15, -0.1) is 11.3 Å². The highest BCUT2D eigenvalue weighted by atomic mass is 35.5. The quantitative estimate of drug-likeness (QED) is 0.710. The SMILES string of the molecule is CC(C)(C)OC(=O)NCCNC(=O)c1ncsc1-c1cccc(Cl)c1Cl. The van der Waals surface area contributed by atoms with Crippen LogP contribution >= 0.6 is 34.5 Å². The van der Waals surface area contributed by atoms with Crippen molar-refractivity contribution in [2.75, 3.05) is 13.1 Å². The second-order valence-electron chi connectivity index (χ2n) is 6.32. The molecule has 0 radical (unpaired) electrons. The van der Waals surface area contributed by atoms with Crippen molar-refractivity contribution < 1.29 is 14.3 Å². The number of alkyl carbamates (subject to hydrolysis) is 1. The van der Waals surface area contributed by atoms with Crippen molar-refractivity contribution in [3.05, 3.63) is 39.4 Å². The van der Waals surface area contributed by atoms with E-state index in [1.807, 2.05) is 0 Å². The topological polar surface area (TPSA) is 80.3 Å². The van der Waals surface area contributed by atoms with Gasteiger partial charge in [0, 0.05) is 18.7 Å². The fraction of sp³-hybridized carbons (Fsp3) is 0.353. The first kappa shape index (κ1) is 20.5. The number of thiazole rings is 1. The van der Waals surface area contributed by atoms with Gasteiger partial charge < -0.3 is 15.4 Å².